The molecule has 0 bridgehead atoms. The van der Waals surface area contributed by atoms with Crippen molar-refractivity contribution in [2.45, 2.75) is 11.4 Å². The number of imidazole rings is 1. The first-order valence-corrected chi connectivity index (χ1v) is 11.7. The van der Waals surface area contributed by atoms with Gasteiger partial charge in [0.05, 0.1) is 24.8 Å². The monoisotopic (exact) mass is 494 g/mol. The lowest BCUT2D eigenvalue weighted by Gasteiger charge is -2.33. The summed E-state index contributed by atoms with van der Waals surface area (Å²) < 4.78 is 41.1. The van der Waals surface area contributed by atoms with Crippen molar-refractivity contribution < 1.29 is 17.9 Å². The number of benzene rings is 1. The van der Waals surface area contributed by atoms with Crippen LogP contribution in [0.2, 0.25) is 0 Å². The van der Waals surface area contributed by atoms with Gasteiger partial charge in [0, 0.05) is 55.7 Å². The van der Waals surface area contributed by atoms with E-state index in [4.69, 9.17) is 9.47 Å². The van der Waals surface area contributed by atoms with Crippen LogP contribution in [-0.4, -0.2) is 67.4 Å². The van der Waals surface area contributed by atoms with E-state index in [0.717, 1.165) is 15.8 Å². The van der Waals surface area contributed by atoms with Crippen molar-refractivity contribution in [1.29, 1.82) is 0 Å². The van der Waals surface area contributed by atoms with E-state index >= 15 is 0 Å². The summed E-state index contributed by atoms with van der Waals surface area (Å²) in [5.74, 6) is 0.899. The predicted molar refractivity (Wildman–Crippen MR) is 116 cm³/mol. The van der Waals surface area contributed by atoms with E-state index in [1.54, 1.807) is 12.1 Å². The van der Waals surface area contributed by atoms with Crippen LogP contribution in [0.15, 0.2) is 52.1 Å². The smallest absolute Gasteiger partial charge is 0.243 e. The topological polar surface area (TPSA) is 76.4 Å². The van der Waals surface area contributed by atoms with Crippen molar-refractivity contribution in [3.05, 3.63) is 52.9 Å². The zero-order valence-corrected chi connectivity index (χ0v) is 19.2. The number of nitrogens with zero attached hydrogens (tertiary/aromatic N) is 4. The summed E-state index contributed by atoms with van der Waals surface area (Å²) in [5.41, 5.74) is 1.85. The first kappa shape index (κ1) is 21.1. The van der Waals surface area contributed by atoms with Crippen molar-refractivity contribution in [2.75, 3.05) is 40.4 Å². The van der Waals surface area contributed by atoms with Gasteiger partial charge in [0.25, 0.3) is 0 Å². The van der Waals surface area contributed by atoms with Crippen LogP contribution in [0.3, 0.4) is 0 Å². The maximum atomic E-state index is 13.1. The minimum absolute atomic E-state index is 0.208. The fourth-order valence-electron chi connectivity index (χ4n) is 3.58. The van der Waals surface area contributed by atoms with Gasteiger partial charge in [-0.3, -0.25) is 4.90 Å². The van der Waals surface area contributed by atoms with Gasteiger partial charge < -0.3 is 13.9 Å². The quantitative estimate of drug-likeness (QED) is 0.524. The summed E-state index contributed by atoms with van der Waals surface area (Å²) in [7, 11) is -0.583. The molecule has 30 heavy (non-hydrogen) atoms. The molecule has 1 fully saturated rings. The molecule has 1 aliphatic heterocycles. The van der Waals surface area contributed by atoms with E-state index in [-0.39, 0.29) is 4.90 Å². The molecule has 3 heterocycles. The molecular weight excluding hydrogens is 472 g/mol. The van der Waals surface area contributed by atoms with Crippen LogP contribution in [0.25, 0.3) is 5.65 Å². The molecule has 0 amide bonds. The van der Waals surface area contributed by atoms with Gasteiger partial charge in [-0.2, -0.15) is 4.31 Å². The lowest BCUT2D eigenvalue weighted by Crippen LogP contribution is -2.48. The molecular formula is C20H23BrN4O4S. The number of methoxy groups -OCH3 is 2. The van der Waals surface area contributed by atoms with Crippen LogP contribution in [0.4, 0.5) is 0 Å². The fraction of sp³-hybridized carbons (Fsp3) is 0.350. The Labute approximate surface area is 184 Å². The number of piperazine rings is 1. The molecule has 0 unspecified atom stereocenters. The number of ether oxygens (including phenoxy) is 2. The van der Waals surface area contributed by atoms with E-state index in [1.807, 2.05) is 28.9 Å². The Morgan fingerprint density at radius 2 is 1.73 bits per heavy atom. The van der Waals surface area contributed by atoms with E-state index in [1.165, 1.54) is 24.6 Å². The SMILES string of the molecule is COc1ccc(S(=O)(=O)N2CCN(Cc3cn4cc(Br)ccc4n3)CC2)cc1OC. The third kappa shape index (κ3) is 4.18. The van der Waals surface area contributed by atoms with E-state index in [0.29, 0.717) is 44.2 Å². The Balaban J connectivity index is 1.43. The van der Waals surface area contributed by atoms with E-state index < -0.39 is 10.0 Å². The number of hydrogen-bond donors (Lipinski definition) is 0. The minimum Gasteiger partial charge on any atom is -0.493 e. The molecule has 160 valence electrons. The summed E-state index contributed by atoms with van der Waals surface area (Å²) in [4.78, 5) is 7.07. The number of sulfonamides is 1. The second kappa shape index (κ2) is 8.54. The van der Waals surface area contributed by atoms with Crippen LogP contribution < -0.4 is 9.47 Å². The summed E-state index contributed by atoms with van der Waals surface area (Å²) >= 11 is 3.47. The summed E-state index contributed by atoms with van der Waals surface area (Å²) in [6, 6.07) is 8.60. The first-order chi connectivity index (χ1) is 14.4. The summed E-state index contributed by atoms with van der Waals surface area (Å²) in [6.45, 7) is 2.82. The zero-order chi connectivity index (χ0) is 21.3. The third-order valence-electron chi connectivity index (χ3n) is 5.17. The molecule has 0 spiro atoms. The highest BCUT2D eigenvalue weighted by atomic mass is 79.9. The van der Waals surface area contributed by atoms with Gasteiger partial charge in [-0.1, -0.05) is 0 Å². The average molecular weight is 495 g/mol. The summed E-state index contributed by atoms with van der Waals surface area (Å²) in [5, 5.41) is 0. The number of pyridine rings is 1. The van der Waals surface area contributed by atoms with Gasteiger partial charge in [-0.15, -0.1) is 0 Å². The van der Waals surface area contributed by atoms with Gasteiger partial charge in [-0.05, 0) is 40.2 Å². The van der Waals surface area contributed by atoms with Crippen molar-refractivity contribution in [3.8, 4) is 11.5 Å². The second-order valence-electron chi connectivity index (χ2n) is 7.04. The van der Waals surface area contributed by atoms with Gasteiger partial charge in [0.2, 0.25) is 10.0 Å². The standard InChI is InChI=1S/C20H23BrN4O4S/c1-28-18-5-4-17(11-19(18)29-2)30(26,27)25-9-7-23(8-10-25)13-16-14-24-12-15(21)3-6-20(24)22-16/h3-6,11-12,14H,7-10,13H2,1-2H3. The van der Waals surface area contributed by atoms with Crippen LogP contribution in [0.5, 0.6) is 11.5 Å². The molecule has 1 aromatic carbocycles. The molecule has 4 rings (SSSR count). The van der Waals surface area contributed by atoms with Gasteiger partial charge in [0.1, 0.15) is 5.65 Å². The molecule has 1 aliphatic rings. The Bertz CT molecular complexity index is 1160. The second-order valence-corrected chi connectivity index (χ2v) is 9.90. The zero-order valence-electron chi connectivity index (χ0n) is 16.8. The third-order valence-corrected chi connectivity index (χ3v) is 7.54. The Morgan fingerprint density at radius 1 is 1.00 bits per heavy atom. The Kier molecular flexibility index (Phi) is 6.01. The Hall–Kier alpha value is -2.14. The van der Waals surface area contributed by atoms with Crippen LogP contribution >= 0.6 is 15.9 Å². The van der Waals surface area contributed by atoms with Gasteiger partial charge in [-0.25, -0.2) is 13.4 Å². The van der Waals surface area contributed by atoms with E-state index in [9.17, 15) is 8.42 Å². The predicted octanol–water partition coefficient (Wildman–Crippen LogP) is 2.62. The summed E-state index contributed by atoms with van der Waals surface area (Å²) in [6.07, 6.45) is 3.98. The maximum absolute atomic E-state index is 13.1. The number of rotatable bonds is 6. The minimum atomic E-state index is -3.60. The van der Waals surface area contributed by atoms with E-state index in [2.05, 4.69) is 25.8 Å². The molecule has 10 heteroatoms. The molecule has 0 saturated carbocycles. The molecule has 3 aromatic rings. The molecule has 1 saturated heterocycles. The van der Waals surface area contributed by atoms with Gasteiger partial charge >= 0.3 is 0 Å². The van der Waals surface area contributed by atoms with Crippen LogP contribution in [0, 0.1) is 0 Å². The lowest BCUT2D eigenvalue weighted by molar-refractivity contribution is 0.180. The molecule has 0 radical (unpaired) electrons. The van der Waals surface area contributed by atoms with Gasteiger partial charge in [0.15, 0.2) is 11.5 Å². The molecule has 8 nitrogen and oxygen atoms in total. The molecule has 0 N–H and O–H groups in total. The highest BCUT2D eigenvalue weighted by Gasteiger charge is 2.29. The van der Waals surface area contributed by atoms with Crippen molar-refractivity contribution in [1.82, 2.24) is 18.6 Å². The van der Waals surface area contributed by atoms with Crippen molar-refractivity contribution in [3.63, 3.8) is 0 Å². The van der Waals surface area contributed by atoms with Crippen LogP contribution in [0.1, 0.15) is 5.69 Å². The van der Waals surface area contributed by atoms with Crippen molar-refractivity contribution in [2.24, 2.45) is 0 Å². The Morgan fingerprint density at radius 3 is 2.43 bits per heavy atom. The highest BCUT2D eigenvalue weighted by Crippen LogP contribution is 2.31. The highest BCUT2D eigenvalue weighted by molar-refractivity contribution is 9.10. The number of aromatic nitrogens is 2. The lowest BCUT2D eigenvalue weighted by atomic mass is 10.3. The van der Waals surface area contributed by atoms with Crippen LogP contribution in [-0.2, 0) is 16.6 Å². The number of fused-ring (bicyclic) bond motifs is 1. The average Bonchev–Trinajstić information content (AvgIpc) is 3.14. The first-order valence-electron chi connectivity index (χ1n) is 9.48. The normalized spacial score (nSPS) is 16.1. The fourth-order valence-corrected chi connectivity index (χ4v) is 5.37. The molecule has 2 aromatic heterocycles. The number of hydrogen-bond acceptors (Lipinski definition) is 6. The molecule has 0 atom stereocenters. The largest absolute Gasteiger partial charge is 0.493 e. The molecule has 0 aliphatic carbocycles. The van der Waals surface area contributed by atoms with Crippen molar-refractivity contribution >= 4 is 31.6 Å². The maximum Gasteiger partial charge on any atom is 0.243 e. The number of halogens is 1.